The van der Waals surface area contributed by atoms with Crippen molar-refractivity contribution < 1.29 is 5.11 Å². The van der Waals surface area contributed by atoms with Crippen LogP contribution in [0.3, 0.4) is 0 Å². The van der Waals surface area contributed by atoms with E-state index in [0.717, 1.165) is 37.7 Å². The van der Waals surface area contributed by atoms with E-state index >= 15 is 0 Å². The maximum atomic E-state index is 12.1. The number of thioether (sulfide) groups is 1. The van der Waals surface area contributed by atoms with Gasteiger partial charge in [0.1, 0.15) is 0 Å². The standard InChI is InChI=1S/C21H26N2O2S/c24-19(15-26-14-16-5-2-1-3-6-16)13-22-10-17-9-18(12-22)20-7-4-8-21(25)23(20)11-17/h1-8,17-19,24H,9-15H2/t17-,18+,19?/m1/s1. The molecule has 0 aliphatic carbocycles. The number of piperidine rings is 1. The van der Waals surface area contributed by atoms with Gasteiger partial charge >= 0.3 is 0 Å². The van der Waals surface area contributed by atoms with E-state index in [1.807, 2.05) is 16.7 Å². The smallest absolute Gasteiger partial charge is 0.250 e. The summed E-state index contributed by atoms with van der Waals surface area (Å²) in [6.45, 7) is 3.48. The lowest BCUT2D eigenvalue weighted by molar-refractivity contribution is 0.0717. The van der Waals surface area contributed by atoms with Crippen LogP contribution in [0.25, 0.3) is 0 Å². The van der Waals surface area contributed by atoms with E-state index in [0.29, 0.717) is 11.8 Å². The number of benzene rings is 1. The zero-order valence-electron chi connectivity index (χ0n) is 15.0. The van der Waals surface area contributed by atoms with E-state index in [1.165, 1.54) is 17.7 Å². The molecule has 26 heavy (non-hydrogen) atoms. The highest BCUT2D eigenvalue weighted by molar-refractivity contribution is 7.98. The summed E-state index contributed by atoms with van der Waals surface area (Å²) in [5.41, 5.74) is 2.61. The van der Waals surface area contributed by atoms with Crippen molar-refractivity contribution in [1.29, 1.82) is 0 Å². The van der Waals surface area contributed by atoms with Crippen LogP contribution in [0.15, 0.2) is 53.3 Å². The van der Waals surface area contributed by atoms with E-state index in [4.69, 9.17) is 0 Å². The lowest BCUT2D eigenvalue weighted by Crippen LogP contribution is -2.49. The highest BCUT2D eigenvalue weighted by Crippen LogP contribution is 2.34. The molecule has 1 unspecified atom stereocenters. The molecule has 1 saturated heterocycles. The van der Waals surface area contributed by atoms with Gasteiger partial charge in [-0.3, -0.25) is 9.69 Å². The van der Waals surface area contributed by atoms with Crippen LogP contribution in [-0.2, 0) is 12.3 Å². The average molecular weight is 371 g/mol. The molecule has 0 radical (unpaired) electrons. The number of hydrogen-bond acceptors (Lipinski definition) is 4. The Labute approximate surface area is 158 Å². The van der Waals surface area contributed by atoms with Crippen LogP contribution in [0.5, 0.6) is 0 Å². The van der Waals surface area contributed by atoms with E-state index in [1.54, 1.807) is 17.8 Å². The topological polar surface area (TPSA) is 45.5 Å². The molecule has 0 spiro atoms. The van der Waals surface area contributed by atoms with Gasteiger partial charge in [0, 0.05) is 55.4 Å². The fourth-order valence-corrected chi connectivity index (χ4v) is 5.31. The van der Waals surface area contributed by atoms with E-state index < -0.39 is 0 Å². The average Bonchev–Trinajstić information content (AvgIpc) is 2.63. The fourth-order valence-electron chi connectivity index (χ4n) is 4.38. The number of aliphatic hydroxyl groups excluding tert-OH is 1. The van der Waals surface area contributed by atoms with Crippen molar-refractivity contribution in [3.63, 3.8) is 0 Å². The Morgan fingerprint density at radius 2 is 1.92 bits per heavy atom. The fraction of sp³-hybridized carbons (Fsp3) is 0.476. The highest BCUT2D eigenvalue weighted by atomic mass is 32.2. The molecule has 3 atom stereocenters. The number of β-amino-alcohol motifs (C(OH)–C–C–N with tert-alkyl or cyclic N) is 1. The molecule has 1 aromatic heterocycles. The summed E-state index contributed by atoms with van der Waals surface area (Å²) in [5, 5.41) is 10.5. The second-order valence-electron chi connectivity index (χ2n) is 7.57. The van der Waals surface area contributed by atoms with Crippen molar-refractivity contribution in [2.24, 2.45) is 5.92 Å². The Hall–Kier alpha value is -1.56. The lowest BCUT2D eigenvalue weighted by atomic mass is 9.83. The second-order valence-corrected chi connectivity index (χ2v) is 8.60. The third-order valence-corrected chi connectivity index (χ3v) is 6.60. The van der Waals surface area contributed by atoms with Crippen LogP contribution in [0.2, 0.25) is 0 Å². The summed E-state index contributed by atoms with van der Waals surface area (Å²) in [5.74, 6) is 2.64. The minimum Gasteiger partial charge on any atom is -0.391 e. The predicted molar refractivity (Wildman–Crippen MR) is 107 cm³/mol. The van der Waals surface area contributed by atoms with Gasteiger partial charge in [-0.25, -0.2) is 0 Å². The summed E-state index contributed by atoms with van der Waals surface area (Å²) in [7, 11) is 0. The molecule has 2 aliphatic heterocycles. The van der Waals surface area contributed by atoms with Gasteiger partial charge in [-0.15, -0.1) is 0 Å². The first kappa shape index (κ1) is 17.8. The number of nitrogens with zero attached hydrogens (tertiary/aromatic N) is 2. The Kier molecular flexibility index (Phi) is 5.48. The minimum atomic E-state index is -0.305. The quantitative estimate of drug-likeness (QED) is 0.849. The molecule has 1 N–H and O–H groups in total. The van der Waals surface area contributed by atoms with Crippen LogP contribution in [0.4, 0.5) is 0 Å². The maximum absolute atomic E-state index is 12.1. The maximum Gasteiger partial charge on any atom is 0.250 e. The van der Waals surface area contributed by atoms with Gasteiger partial charge in [-0.05, 0) is 24.0 Å². The summed E-state index contributed by atoms with van der Waals surface area (Å²) < 4.78 is 1.96. The number of likely N-dealkylation sites (tertiary alicyclic amines) is 1. The first-order valence-corrected chi connectivity index (χ1v) is 10.6. The number of rotatable bonds is 6. The number of pyridine rings is 1. The molecule has 2 aromatic rings. The summed E-state index contributed by atoms with van der Waals surface area (Å²) >= 11 is 1.79. The molecule has 5 heteroatoms. The molecule has 3 heterocycles. The molecule has 1 fully saturated rings. The van der Waals surface area contributed by atoms with Gasteiger partial charge in [0.05, 0.1) is 6.10 Å². The monoisotopic (exact) mass is 370 g/mol. The van der Waals surface area contributed by atoms with Crippen molar-refractivity contribution in [1.82, 2.24) is 9.47 Å². The molecule has 1 aromatic carbocycles. The third-order valence-electron chi connectivity index (χ3n) is 5.45. The van der Waals surface area contributed by atoms with Crippen LogP contribution in [0, 0.1) is 5.92 Å². The first-order valence-electron chi connectivity index (χ1n) is 9.41. The van der Waals surface area contributed by atoms with Crippen LogP contribution in [0.1, 0.15) is 23.6 Å². The molecule has 0 amide bonds. The predicted octanol–water partition coefficient (Wildman–Crippen LogP) is 2.56. The van der Waals surface area contributed by atoms with Crippen molar-refractivity contribution in [2.75, 3.05) is 25.4 Å². The zero-order chi connectivity index (χ0) is 17.9. The molecular weight excluding hydrogens is 344 g/mol. The van der Waals surface area contributed by atoms with Gasteiger partial charge in [0.2, 0.25) is 0 Å². The van der Waals surface area contributed by atoms with Crippen LogP contribution in [-0.4, -0.2) is 46.1 Å². The Morgan fingerprint density at radius 1 is 1.08 bits per heavy atom. The van der Waals surface area contributed by atoms with Gasteiger partial charge in [-0.1, -0.05) is 36.4 Å². The Bertz CT molecular complexity index is 792. The molecule has 2 aliphatic rings. The largest absolute Gasteiger partial charge is 0.391 e. The molecule has 138 valence electrons. The molecule has 4 rings (SSSR count). The Balaban J connectivity index is 1.30. The van der Waals surface area contributed by atoms with Gasteiger partial charge < -0.3 is 9.67 Å². The van der Waals surface area contributed by atoms with Crippen molar-refractivity contribution in [2.45, 2.75) is 30.7 Å². The summed E-state index contributed by atoms with van der Waals surface area (Å²) in [6.07, 6.45) is 0.860. The highest BCUT2D eigenvalue weighted by Gasteiger charge is 2.34. The van der Waals surface area contributed by atoms with Crippen molar-refractivity contribution in [3.05, 3.63) is 70.1 Å². The normalized spacial score (nSPS) is 23.4. The van der Waals surface area contributed by atoms with E-state index in [9.17, 15) is 9.90 Å². The molecule has 2 bridgehead atoms. The number of hydrogen-bond donors (Lipinski definition) is 1. The zero-order valence-corrected chi connectivity index (χ0v) is 15.8. The van der Waals surface area contributed by atoms with Gasteiger partial charge in [-0.2, -0.15) is 11.8 Å². The van der Waals surface area contributed by atoms with Gasteiger partial charge in [0.15, 0.2) is 0 Å². The van der Waals surface area contributed by atoms with Crippen molar-refractivity contribution >= 4 is 11.8 Å². The van der Waals surface area contributed by atoms with Crippen LogP contribution >= 0.6 is 11.8 Å². The number of fused-ring (bicyclic) bond motifs is 4. The molecule has 0 saturated carbocycles. The van der Waals surface area contributed by atoms with E-state index in [2.05, 4.69) is 35.2 Å². The SMILES string of the molecule is O=c1cccc2n1C[C@@H]1C[C@H]2CN(CC(O)CSCc2ccccc2)C1. The lowest BCUT2D eigenvalue weighted by Gasteiger charge is -2.43. The van der Waals surface area contributed by atoms with E-state index in [-0.39, 0.29) is 11.7 Å². The van der Waals surface area contributed by atoms with Gasteiger partial charge in [0.25, 0.3) is 5.56 Å². The summed E-state index contributed by atoms with van der Waals surface area (Å²) in [4.78, 5) is 14.5. The number of aliphatic hydroxyl groups is 1. The molecular formula is C21H26N2O2S. The number of aromatic nitrogens is 1. The van der Waals surface area contributed by atoms with Crippen molar-refractivity contribution in [3.8, 4) is 0 Å². The third kappa shape index (κ3) is 4.05. The second kappa shape index (κ2) is 7.99. The molecule has 4 nitrogen and oxygen atoms in total. The summed E-state index contributed by atoms with van der Waals surface area (Å²) in [6, 6.07) is 16.0. The van der Waals surface area contributed by atoms with Crippen LogP contribution < -0.4 is 5.56 Å². The Morgan fingerprint density at radius 3 is 2.77 bits per heavy atom. The first-order chi connectivity index (χ1) is 12.7. The minimum absolute atomic E-state index is 0.128.